The van der Waals surface area contributed by atoms with E-state index in [0.29, 0.717) is 0 Å². The first-order valence-corrected chi connectivity index (χ1v) is 18.9. The Morgan fingerprint density at radius 3 is 1.93 bits per heavy atom. The predicted molar refractivity (Wildman–Crippen MR) is 228 cm³/mol. The smallest absolute Gasteiger partial charge is 0.0541 e. The Morgan fingerprint density at radius 1 is 0.519 bits per heavy atom. The molecule has 0 atom stereocenters. The fourth-order valence-electron chi connectivity index (χ4n) is 8.74. The second-order valence-corrected chi connectivity index (χ2v) is 15.2. The third kappa shape index (κ3) is 5.19. The molecule has 0 saturated carbocycles. The minimum atomic E-state index is -0.0879. The van der Waals surface area contributed by atoms with Crippen molar-refractivity contribution in [2.45, 2.75) is 19.3 Å². The number of nitrogens with zero attached hydrogens (tertiary/aromatic N) is 3. The van der Waals surface area contributed by atoms with Crippen molar-refractivity contribution in [3.8, 4) is 27.9 Å². The molecule has 8 aromatic rings. The summed E-state index contributed by atoms with van der Waals surface area (Å²) < 4.78 is 2.37. The monoisotopic (exact) mass is 695 g/mol. The maximum Gasteiger partial charge on any atom is 0.0541 e. The lowest BCUT2D eigenvalue weighted by atomic mass is 9.82. The zero-order valence-corrected chi connectivity index (χ0v) is 30.9. The Bertz CT molecular complexity index is 2760. The highest BCUT2D eigenvalue weighted by atomic mass is 15.1. The van der Waals surface area contributed by atoms with Gasteiger partial charge in [0.1, 0.15) is 0 Å². The summed E-state index contributed by atoms with van der Waals surface area (Å²) in [5, 5.41) is 2.52. The van der Waals surface area contributed by atoms with Gasteiger partial charge in [-0.05, 0) is 111 Å². The van der Waals surface area contributed by atoms with Crippen molar-refractivity contribution in [3.05, 3.63) is 199 Å². The molecule has 0 N–H and O–H groups in total. The zero-order chi connectivity index (χ0) is 36.4. The van der Waals surface area contributed by atoms with Gasteiger partial charge in [0.2, 0.25) is 0 Å². The molecule has 1 aliphatic heterocycles. The summed E-state index contributed by atoms with van der Waals surface area (Å²) in [6.45, 7) is 5.65. The molecule has 2 heterocycles. The lowest BCUT2D eigenvalue weighted by Gasteiger charge is -2.28. The standard InChI is InChI=1S/C51H41N3/c1-51(2)47-17-9-7-15-43(47)44-29-28-42(33-48(44)51)53(41-26-21-36(22-27-41)38-12-11-31-52(3)34-38)40-24-19-35(20-25-40)37-23-30-50-46(32-37)45-16-8-10-18-49(45)54(50)39-13-5-4-6-14-39/h4-30,32-34H,31H2,1-3H3. The number of benzene rings is 7. The van der Waals surface area contributed by atoms with Gasteiger partial charge in [-0.1, -0.05) is 123 Å². The SMILES string of the molecule is CN1C=C(c2ccc(N(c3ccc(-c4ccc5c(c4)c4ccccc4n5-c4ccccc4)cc3)c3ccc4c(c3)C(C)(C)c3ccccc3-4)cc2)C=CC1. The number of hydrogen-bond donors (Lipinski definition) is 0. The average Bonchev–Trinajstić information content (AvgIpc) is 3.67. The van der Waals surface area contributed by atoms with Gasteiger partial charge in [0.15, 0.2) is 0 Å². The molecule has 3 nitrogen and oxygen atoms in total. The molecule has 7 aromatic carbocycles. The van der Waals surface area contributed by atoms with E-state index in [1.54, 1.807) is 0 Å². The average molecular weight is 696 g/mol. The van der Waals surface area contributed by atoms with Crippen molar-refractivity contribution in [2.75, 3.05) is 18.5 Å². The number of anilines is 3. The molecule has 54 heavy (non-hydrogen) atoms. The van der Waals surface area contributed by atoms with E-state index in [9.17, 15) is 0 Å². The summed E-state index contributed by atoms with van der Waals surface area (Å²) in [6.07, 6.45) is 6.67. The third-order valence-corrected chi connectivity index (χ3v) is 11.5. The normalized spacial score (nSPS) is 14.3. The summed E-state index contributed by atoms with van der Waals surface area (Å²) in [7, 11) is 2.12. The zero-order valence-electron chi connectivity index (χ0n) is 30.9. The highest BCUT2D eigenvalue weighted by Gasteiger charge is 2.35. The molecule has 3 heteroatoms. The van der Waals surface area contributed by atoms with Crippen molar-refractivity contribution in [3.63, 3.8) is 0 Å². The summed E-state index contributed by atoms with van der Waals surface area (Å²) in [4.78, 5) is 4.63. The molecule has 1 aliphatic carbocycles. The summed E-state index contributed by atoms with van der Waals surface area (Å²) in [6, 6.07) is 60.3. The van der Waals surface area contributed by atoms with Crippen LogP contribution in [0.2, 0.25) is 0 Å². The first-order valence-electron chi connectivity index (χ1n) is 18.9. The van der Waals surface area contributed by atoms with Gasteiger partial charge in [-0.15, -0.1) is 0 Å². The van der Waals surface area contributed by atoms with Gasteiger partial charge in [-0.3, -0.25) is 0 Å². The topological polar surface area (TPSA) is 11.4 Å². The maximum atomic E-state index is 2.41. The van der Waals surface area contributed by atoms with Crippen LogP contribution in [0.15, 0.2) is 182 Å². The molecular weight excluding hydrogens is 655 g/mol. The fraction of sp³-hybridized carbons (Fsp3) is 0.0980. The number of hydrogen-bond acceptors (Lipinski definition) is 2. The van der Waals surface area contributed by atoms with Gasteiger partial charge in [0, 0.05) is 58.7 Å². The molecular formula is C51H41N3. The van der Waals surface area contributed by atoms with E-state index in [2.05, 4.69) is 217 Å². The summed E-state index contributed by atoms with van der Waals surface area (Å²) in [5.41, 5.74) is 17.2. The molecule has 0 unspecified atom stereocenters. The summed E-state index contributed by atoms with van der Waals surface area (Å²) in [5.74, 6) is 0. The van der Waals surface area contributed by atoms with E-state index in [0.717, 1.165) is 23.6 Å². The number of rotatable bonds is 6. The van der Waals surface area contributed by atoms with Gasteiger partial charge in [-0.2, -0.15) is 0 Å². The predicted octanol–water partition coefficient (Wildman–Crippen LogP) is 13.1. The van der Waals surface area contributed by atoms with Gasteiger partial charge in [0.25, 0.3) is 0 Å². The van der Waals surface area contributed by atoms with Crippen molar-refractivity contribution in [1.29, 1.82) is 0 Å². The number of para-hydroxylation sites is 2. The van der Waals surface area contributed by atoms with Gasteiger partial charge < -0.3 is 14.4 Å². The molecule has 0 amide bonds. The number of likely N-dealkylation sites (N-methyl/N-ethyl adjacent to an activating group) is 1. The van der Waals surface area contributed by atoms with Gasteiger partial charge >= 0.3 is 0 Å². The van der Waals surface area contributed by atoms with Crippen molar-refractivity contribution in [2.24, 2.45) is 0 Å². The minimum absolute atomic E-state index is 0.0879. The van der Waals surface area contributed by atoms with E-state index in [1.165, 1.54) is 72.0 Å². The Balaban J connectivity index is 1.06. The summed E-state index contributed by atoms with van der Waals surface area (Å²) >= 11 is 0. The quantitative estimate of drug-likeness (QED) is 0.172. The van der Waals surface area contributed by atoms with Crippen LogP contribution in [-0.4, -0.2) is 23.1 Å². The molecule has 0 spiro atoms. The van der Waals surface area contributed by atoms with Crippen LogP contribution in [0, 0.1) is 0 Å². The van der Waals surface area contributed by atoms with Crippen LogP contribution in [0.1, 0.15) is 30.5 Å². The Morgan fingerprint density at radius 2 is 1.15 bits per heavy atom. The van der Waals surface area contributed by atoms with Crippen LogP contribution in [-0.2, 0) is 5.41 Å². The fourth-order valence-corrected chi connectivity index (χ4v) is 8.74. The molecule has 10 rings (SSSR count). The first-order chi connectivity index (χ1) is 26.4. The van der Waals surface area contributed by atoms with Gasteiger partial charge in [0.05, 0.1) is 11.0 Å². The lowest BCUT2D eigenvalue weighted by molar-refractivity contribution is 0.507. The Kier molecular flexibility index (Phi) is 7.45. The van der Waals surface area contributed by atoms with Crippen molar-refractivity contribution in [1.82, 2.24) is 9.47 Å². The largest absolute Gasteiger partial charge is 0.376 e. The maximum absolute atomic E-state index is 2.41. The highest BCUT2D eigenvalue weighted by molar-refractivity contribution is 6.10. The molecule has 0 bridgehead atoms. The van der Waals surface area contributed by atoms with E-state index < -0.39 is 0 Å². The van der Waals surface area contributed by atoms with Crippen molar-refractivity contribution >= 4 is 44.4 Å². The number of allylic oxidation sites excluding steroid dienone is 2. The van der Waals surface area contributed by atoms with E-state index in [4.69, 9.17) is 0 Å². The van der Waals surface area contributed by atoms with Crippen LogP contribution >= 0.6 is 0 Å². The Hall–Kier alpha value is -6.58. The number of fused-ring (bicyclic) bond motifs is 6. The van der Waals surface area contributed by atoms with Crippen LogP contribution in [0.3, 0.4) is 0 Å². The second kappa shape index (κ2) is 12.5. The van der Waals surface area contributed by atoms with Gasteiger partial charge in [-0.25, -0.2) is 0 Å². The molecule has 0 fully saturated rings. The molecule has 2 aliphatic rings. The second-order valence-electron chi connectivity index (χ2n) is 15.2. The highest BCUT2D eigenvalue weighted by Crippen LogP contribution is 2.50. The molecule has 0 saturated heterocycles. The molecule has 0 radical (unpaired) electrons. The molecule has 1 aromatic heterocycles. The first kappa shape index (κ1) is 32.1. The molecule has 260 valence electrons. The van der Waals surface area contributed by atoms with E-state index in [1.807, 2.05) is 0 Å². The van der Waals surface area contributed by atoms with Crippen LogP contribution in [0.4, 0.5) is 17.1 Å². The Labute approximate surface area is 317 Å². The van der Waals surface area contributed by atoms with E-state index in [-0.39, 0.29) is 5.41 Å². The lowest BCUT2D eigenvalue weighted by Crippen LogP contribution is -2.16. The van der Waals surface area contributed by atoms with Crippen LogP contribution in [0.25, 0.3) is 55.3 Å². The van der Waals surface area contributed by atoms with Crippen LogP contribution in [0.5, 0.6) is 0 Å². The van der Waals surface area contributed by atoms with Crippen LogP contribution < -0.4 is 4.90 Å². The minimum Gasteiger partial charge on any atom is -0.376 e. The third-order valence-electron chi connectivity index (χ3n) is 11.5. The van der Waals surface area contributed by atoms with Crippen molar-refractivity contribution < 1.29 is 0 Å². The number of aromatic nitrogens is 1. The van der Waals surface area contributed by atoms with E-state index >= 15 is 0 Å².